The van der Waals surface area contributed by atoms with Gasteiger partial charge in [-0.2, -0.15) is 0 Å². The standard InChI is InChI=1S/C22H30N6OS/c1-14(2)12-23-13-15-10-19(25-16-5-7-17(29)8-6-16)27-20(11-15)28-22-26-18-4-3-9-24-21(18)30-22/h3-4,9-11,14,16-17,23,29H,5-8,12-13H2,1-2H3,(H2,25,26,27,28)/t16-,17-. The van der Waals surface area contributed by atoms with E-state index in [4.69, 9.17) is 4.98 Å². The van der Waals surface area contributed by atoms with E-state index in [9.17, 15) is 5.11 Å². The van der Waals surface area contributed by atoms with Gasteiger partial charge in [0, 0.05) is 18.8 Å². The number of aromatic nitrogens is 3. The third kappa shape index (κ3) is 5.65. The average molecular weight is 427 g/mol. The van der Waals surface area contributed by atoms with Crippen molar-refractivity contribution in [2.75, 3.05) is 17.2 Å². The molecule has 0 aliphatic heterocycles. The number of aliphatic hydroxyl groups is 1. The lowest BCUT2D eigenvalue weighted by Crippen LogP contribution is -2.28. The molecule has 1 saturated carbocycles. The number of thiazole rings is 1. The lowest BCUT2D eigenvalue weighted by atomic mass is 9.93. The van der Waals surface area contributed by atoms with E-state index < -0.39 is 0 Å². The number of hydrogen-bond acceptors (Lipinski definition) is 8. The largest absolute Gasteiger partial charge is 0.393 e. The molecule has 1 fully saturated rings. The molecule has 4 N–H and O–H groups in total. The molecular formula is C22H30N6OS. The molecule has 3 heterocycles. The van der Waals surface area contributed by atoms with E-state index in [1.54, 1.807) is 6.20 Å². The zero-order valence-electron chi connectivity index (χ0n) is 17.6. The molecule has 8 heteroatoms. The summed E-state index contributed by atoms with van der Waals surface area (Å²) in [6, 6.07) is 8.40. The number of aliphatic hydroxyl groups excluding tert-OH is 1. The van der Waals surface area contributed by atoms with E-state index in [1.165, 1.54) is 16.9 Å². The molecule has 160 valence electrons. The number of anilines is 3. The van der Waals surface area contributed by atoms with Crippen molar-refractivity contribution in [3.05, 3.63) is 36.0 Å². The Morgan fingerprint density at radius 3 is 2.70 bits per heavy atom. The highest BCUT2D eigenvalue weighted by atomic mass is 32.1. The van der Waals surface area contributed by atoms with Crippen molar-refractivity contribution in [1.29, 1.82) is 0 Å². The Morgan fingerprint density at radius 2 is 1.93 bits per heavy atom. The third-order valence-corrected chi connectivity index (χ3v) is 6.11. The van der Waals surface area contributed by atoms with E-state index in [-0.39, 0.29) is 6.10 Å². The van der Waals surface area contributed by atoms with Crippen LogP contribution in [0.4, 0.5) is 16.8 Å². The van der Waals surface area contributed by atoms with Crippen LogP contribution in [0, 0.1) is 5.92 Å². The minimum absolute atomic E-state index is 0.160. The maximum atomic E-state index is 9.77. The smallest absolute Gasteiger partial charge is 0.190 e. The molecule has 0 atom stereocenters. The topological polar surface area (TPSA) is 95.0 Å². The molecule has 0 aromatic carbocycles. The monoisotopic (exact) mass is 426 g/mol. The van der Waals surface area contributed by atoms with Crippen LogP contribution >= 0.6 is 11.3 Å². The average Bonchev–Trinajstić information content (AvgIpc) is 3.11. The summed E-state index contributed by atoms with van der Waals surface area (Å²) in [6.07, 6.45) is 5.24. The van der Waals surface area contributed by atoms with Crippen LogP contribution in [0.3, 0.4) is 0 Å². The second kappa shape index (κ2) is 9.68. The van der Waals surface area contributed by atoms with E-state index in [0.29, 0.717) is 12.0 Å². The quantitative estimate of drug-likeness (QED) is 0.427. The molecule has 1 aliphatic carbocycles. The van der Waals surface area contributed by atoms with E-state index >= 15 is 0 Å². The predicted octanol–water partition coefficient (Wildman–Crippen LogP) is 4.29. The number of pyridine rings is 2. The first kappa shape index (κ1) is 21.0. The van der Waals surface area contributed by atoms with Crippen molar-refractivity contribution in [3.8, 4) is 0 Å². The lowest BCUT2D eigenvalue weighted by Gasteiger charge is -2.27. The van der Waals surface area contributed by atoms with Gasteiger partial charge >= 0.3 is 0 Å². The Labute approximate surface area is 181 Å². The highest BCUT2D eigenvalue weighted by Crippen LogP contribution is 2.28. The number of fused-ring (bicyclic) bond motifs is 1. The van der Waals surface area contributed by atoms with Gasteiger partial charge in [-0.05, 0) is 68.0 Å². The highest BCUT2D eigenvalue weighted by Gasteiger charge is 2.20. The predicted molar refractivity (Wildman–Crippen MR) is 123 cm³/mol. The van der Waals surface area contributed by atoms with Gasteiger partial charge in [0.2, 0.25) is 0 Å². The van der Waals surface area contributed by atoms with Gasteiger partial charge in [-0.3, -0.25) is 0 Å². The summed E-state index contributed by atoms with van der Waals surface area (Å²) in [6.45, 7) is 6.17. The Balaban J connectivity index is 1.52. The summed E-state index contributed by atoms with van der Waals surface area (Å²) in [4.78, 5) is 14.7. The Morgan fingerprint density at radius 1 is 1.13 bits per heavy atom. The minimum atomic E-state index is -0.160. The van der Waals surface area contributed by atoms with Crippen LogP contribution < -0.4 is 16.0 Å². The first-order chi connectivity index (χ1) is 14.5. The Bertz CT molecular complexity index is 934. The van der Waals surface area contributed by atoms with Crippen LogP contribution in [0.5, 0.6) is 0 Å². The molecule has 4 rings (SSSR count). The van der Waals surface area contributed by atoms with Crippen molar-refractivity contribution in [3.63, 3.8) is 0 Å². The van der Waals surface area contributed by atoms with Crippen molar-refractivity contribution >= 4 is 38.5 Å². The summed E-state index contributed by atoms with van der Waals surface area (Å²) < 4.78 is 0. The third-order valence-electron chi connectivity index (χ3n) is 5.22. The Hall–Kier alpha value is -2.29. The molecule has 3 aromatic heterocycles. The Kier molecular flexibility index (Phi) is 6.76. The molecule has 0 saturated heterocycles. The number of hydrogen-bond donors (Lipinski definition) is 4. The van der Waals surface area contributed by atoms with Crippen LogP contribution in [0.25, 0.3) is 10.3 Å². The second-order valence-corrected chi connectivity index (χ2v) is 9.37. The van der Waals surface area contributed by atoms with Crippen molar-refractivity contribution < 1.29 is 5.11 Å². The molecule has 7 nitrogen and oxygen atoms in total. The fourth-order valence-electron chi connectivity index (χ4n) is 3.69. The summed E-state index contributed by atoms with van der Waals surface area (Å²) in [7, 11) is 0. The second-order valence-electron chi connectivity index (χ2n) is 8.39. The van der Waals surface area contributed by atoms with Crippen LogP contribution in [0.2, 0.25) is 0 Å². The first-order valence-corrected chi connectivity index (χ1v) is 11.5. The van der Waals surface area contributed by atoms with Crippen molar-refractivity contribution in [2.24, 2.45) is 5.92 Å². The van der Waals surface area contributed by atoms with E-state index in [2.05, 4.69) is 51.9 Å². The van der Waals surface area contributed by atoms with Gasteiger partial charge in [0.1, 0.15) is 22.0 Å². The van der Waals surface area contributed by atoms with Gasteiger partial charge < -0.3 is 21.1 Å². The van der Waals surface area contributed by atoms with Gasteiger partial charge in [0.05, 0.1) is 6.10 Å². The zero-order chi connectivity index (χ0) is 20.9. The summed E-state index contributed by atoms with van der Waals surface area (Å²) in [5, 5.41) is 21.0. The van der Waals surface area contributed by atoms with Gasteiger partial charge in [0.15, 0.2) is 5.13 Å². The lowest BCUT2D eigenvalue weighted by molar-refractivity contribution is 0.126. The molecule has 0 bridgehead atoms. The van der Waals surface area contributed by atoms with Crippen molar-refractivity contribution in [2.45, 2.75) is 58.2 Å². The van der Waals surface area contributed by atoms with Gasteiger partial charge in [0.25, 0.3) is 0 Å². The molecule has 1 aliphatic rings. The molecule has 30 heavy (non-hydrogen) atoms. The van der Waals surface area contributed by atoms with Crippen LogP contribution in [-0.2, 0) is 6.54 Å². The van der Waals surface area contributed by atoms with Gasteiger partial charge in [-0.15, -0.1) is 0 Å². The van der Waals surface area contributed by atoms with E-state index in [1.807, 2.05) is 12.1 Å². The van der Waals surface area contributed by atoms with E-state index in [0.717, 1.165) is 65.9 Å². The molecule has 0 amide bonds. The molecule has 3 aromatic rings. The van der Waals surface area contributed by atoms with Crippen LogP contribution in [0.15, 0.2) is 30.5 Å². The summed E-state index contributed by atoms with van der Waals surface area (Å²) in [5.41, 5.74) is 2.06. The maximum Gasteiger partial charge on any atom is 0.190 e. The summed E-state index contributed by atoms with van der Waals surface area (Å²) in [5.74, 6) is 2.24. The molecular weight excluding hydrogens is 396 g/mol. The first-order valence-electron chi connectivity index (χ1n) is 10.7. The number of rotatable bonds is 8. The van der Waals surface area contributed by atoms with Crippen molar-refractivity contribution in [1.82, 2.24) is 20.3 Å². The van der Waals surface area contributed by atoms with Gasteiger partial charge in [-0.1, -0.05) is 25.2 Å². The van der Waals surface area contributed by atoms with Crippen LogP contribution in [0.1, 0.15) is 45.1 Å². The maximum absolute atomic E-state index is 9.77. The fraction of sp³-hybridized carbons (Fsp3) is 0.500. The SMILES string of the molecule is CC(C)CNCc1cc(Nc2nc3cccnc3s2)nc(N[C@H]2CC[C@H](O)CC2)c1. The highest BCUT2D eigenvalue weighted by molar-refractivity contribution is 7.21. The molecule has 0 unspecified atom stereocenters. The van der Waals surface area contributed by atoms with Gasteiger partial charge in [-0.25, -0.2) is 15.0 Å². The zero-order valence-corrected chi connectivity index (χ0v) is 18.4. The number of nitrogens with one attached hydrogen (secondary N) is 3. The molecule has 0 spiro atoms. The number of nitrogens with zero attached hydrogens (tertiary/aromatic N) is 3. The summed E-state index contributed by atoms with van der Waals surface area (Å²) >= 11 is 1.52. The van der Waals surface area contributed by atoms with Crippen LogP contribution in [-0.4, -0.2) is 38.7 Å². The fourth-order valence-corrected chi connectivity index (χ4v) is 4.51. The minimum Gasteiger partial charge on any atom is -0.393 e. The normalized spacial score (nSPS) is 19.3. The molecule has 0 radical (unpaired) electrons.